The topological polar surface area (TPSA) is 30.0 Å². The zero-order chi connectivity index (χ0) is 22.3. The highest BCUT2D eigenvalue weighted by atomic mass is 16.1. The predicted molar refractivity (Wildman–Crippen MR) is 133 cm³/mol. The fourth-order valence-corrected chi connectivity index (χ4v) is 5.29. The zero-order valence-corrected chi connectivity index (χ0v) is 19.0. The Morgan fingerprint density at radius 1 is 1.06 bits per heavy atom. The molecule has 1 unspecified atom stereocenters. The Kier molecular flexibility index (Phi) is 7.32. The summed E-state index contributed by atoms with van der Waals surface area (Å²) in [6, 6.07) is 22.7. The van der Waals surface area contributed by atoms with Crippen LogP contribution in [0.4, 0.5) is 0 Å². The summed E-state index contributed by atoms with van der Waals surface area (Å²) in [6.07, 6.45) is 9.74. The third-order valence-electron chi connectivity index (χ3n) is 6.98. The molecule has 1 aliphatic rings. The minimum absolute atomic E-state index is 0.0835. The molecule has 0 radical (unpaired) electrons. The molecule has 2 aromatic carbocycles. The van der Waals surface area contributed by atoms with E-state index >= 15 is 0 Å². The lowest BCUT2D eigenvalue weighted by Gasteiger charge is -2.30. The summed E-state index contributed by atoms with van der Waals surface area (Å²) in [5.41, 5.74) is 5.92. The number of ketones is 1. The number of benzene rings is 2. The summed E-state index contributed by atoms with van der Waals surface area (Å²) in [6.45, 7) is 6.14. The smallest absolute Gasteiger partial charge is 0.140 e. The quantitative estimate of drug-likeness (QED) is 0.381. The first kappa shape index (κ1) is 22.2. The highest BCUT2D eigenvalue weighted by molar-refractivity contribution is 5.86. The first-order chi connectivity index (χ1) is 15.7. The zero-order valence-electron chi connectivity index (χ0n) is 19.0. The second-order valence-electron chi connectivity index (χ2n) is 9.18. The molecule has 1 fully saturated rings. The molecule has 0 amide bonds. The average molecular weight is 424 g/mol. The monoisotopic (exact) mass is 423 g/mol. The van der Waals surface area contributed by atoms with Gasteiger partial charge in [-0.25, -0.2) is 0 Å². The molecule has 0 aliphatic heterocycles. The van der Waals surface area contributed by atoms with E-state index in [9.17, 15) is 4.79 Å². The number of hydrogen-bond acceptors (Lipinski definition) is 2. The molecule has 4 rings (SSSR count). The minimum Gasteiger partial charge on any atom is -0.299 e. The van der Waals surface area contributed by atoms with Crippen molar-refractivity contribution in [2.45, 2.75) is 57.3 Å². The van der Waals surface area contributed by atoms with Gasteiger partial charge in [-0.15, -0.1) is 0 Å². The number of Topliss-reactive ketones (excluding diaryl/α,β-unsaturated/α-hetero) is 1. The lowest BCUT2D eigenvalue weighted by Crippen LogP contribution is -2.23. The van der Waals surface area contributed by atoms with Crippen LogP contribution in [0.2, 0.25) is 0 Å². The number of pyridine rings is 1. The molecule has 0 spiro atoms. The van der Waals surface area contributed by atoms with E-state index in [-0.39, 0.29) is 5.92 Å². The van der Waals surface area contributed by atoms with Crippen molar-refractivity contribution in [2.75, 3.05) is 0 Å². The molecular formula is C30H33NO. The molecule has 0 saturated heterocycles. The second-order valence-corrected chi connectivity index (χ2v) is 9.18. The summed E-state index contributed by atoms with van der Waals surface area (Å²) >= 11 is 0. The van der Waals surface area contributed by atoms with Gasteiger partial charge >= 0.3 is 0 Å². The lowest BCUT2D eigenvalue weighted by molar-refractivity contribution is -0.121. The Hall–Kier alpha value is -3.00. The number of rotatable bonds is 8. The lowest BCUT2D eigenvalue weighted by atomic mass is 9.74. The third-order valence-corrected chi connectivity index (χ3v) is 6.98. The van der Waals surface area contributed by atoms with Crippen molar-refractivity contribution in [3.05, 3.63) is 107 Å². The highest BCUT2D eigenvalue weighted by Crippen LogP contribution is 2.40. The second kappa shape index (κ2) is 10.5. The van der Waals surface area contributed by atoms with E-state index in [1.165, 1.54) is 22.4 Å². The van der Waals surface area contributed by atoms with Crippen LogP contribution in [0.3, 0.4) is 0 Å². The van der Waals surface area contributed by atoms with E-state index in [4.69, 9.17) is 4.98 Å². The van der Waals surface area contributed by atoms with Crippen molar-refractivity contribution in [1.29, 1.82) is 0 Å². The van der Waals surface area contributed by atoms with Crippen molar-refractivity contribution in [1.82, 2.24) is 4.98 Å². The van der Waals surface area contributed by atoms with Crippen LogP contribution >= 0.6 is 0 Å². The van der Waals surface area contributed by atoms with Gasteiger partial charge in [0.2, 0.25) is 0 Å². The molecule has 1 aliphatic carbocycles. The van der Waals surface area contributed by atoms with Crippen LogP contribution < -0.4 is 0 Å². The van der Waals surface area contributed by atoms with E-state index in [1.807, 2.05) is 36.5 Å². The van der Waals surface area contributed by atoms with Crippen LogP contribution in [0.15, 0.2) is 79.5 Å². The number of carbonyl (C=O) groups is 1. The number of aromatic nitrogens is 1. The molecule has 164 valence electrons. The number of carbonyl (C=O) groups excluding carboxylic acids is 1. The molecule has 32 heavy (non-hydrogen) atoms. The van der Waals surface area contributed by atoms with Gasteiger partial charge in [-0.05, 0) is 66.8 Å². The molecule has 1 saturated carbocycles. The van der Waals surface area contributed by atoms with Gasteiger partial charge in [0, 0.05) is 24.5 Å². The van der Waals surface area contributed by atoms with Crippen LogP contribution in [0.1, 0.15) is 71.9 Å². The Morgan fingerprint density at radius 3 is 2.50 bits per heavy atom. The normalized spacial score (nSPS) is 19.3. The van der Waals surface area contributed by atoms with E-state index < -0.39 is 0 Å². The van der Waals surface area contributed by atoms with Gasteiger partial charge in [0.05, 0.1) is 5.69 Å². The van der Waals surface area contributed by atoms with Crippen LogP contribution in [-0.4, -0.2) is 10.8 Å². The molecule has 3 aromatic rings. The Bertz CT molecular complexity index is 1040. The molecule has 2 nitrogen and oxygen atoms in total. The van der Waals surface area contributed by atoms with Crippen molar-refractivity contribution >= 4 is 11.9 Å². The fourth-order valence-electron chi connectivity index (χ4n) is 5.29. The van der Waals surface area contributed by atoms with Gasteiger partial charge in [0.15, 0.2) is 0 Å². The average Bonchev–Trinajstić information content (AvgIpc) is 2.83. The molecule has 1 heterocycles. The largest absolute Gasteiger partial charge is 0.299 e. The summed E-state index contributed by atoms with van der Waals surface area (Å²) in [7, 11) is 0. The Morgan fingerprint density at radius 2 is 1.78 bits per heavy atom. The standard InChI is InChI=1S/C30H33NO/c1-3-27-22(2)17-18-31-30(27)26-16-10-13-24(19-26)21-29(32)28(25-14-8-5-9-15-25)20-23-11-6-4-7-12-23/h3-9,11-12,14-15,17-18,24,26,28H,1,10,13,16,19-21H2,2H3/t24-,26?,28-/m1/s1. The van der Waals surface area contributed by atoms with Gasteiger partial charge in [-0.1, -0.05) is 79.7 Å². The fraction of sp³-hybridized carbons (Fsp3) is 0.333. The van der Waals surface area contributed by atoms with E-state index in [0.29, 0.717) is 24.0 Å². The van der Waals surface area contributed by atoms with Crippen LogP contribution in [-0.2, 0) is 11.2 Å². The van der Waals surface area contributed by atoms with Crippen LogP contribution in [0.5, 0.6) is 0 Å². The molecule has 3 atom stereocenters. The molecule has 2 heteroatoms. The van der Waals surface area contributed by atoms with Gasteiger partial charge in [-0.2, -0.15) is 0 Å². The first-order valence-electron chi connectivity index (χ1n) is 11.8. The highest BCUT2D eigenvalue weighted by Gasteiger charge is 2.30. The molecule has 0 N–H and O–H groups in total. The van der Waals surface area contributed by atoms with E-state index in [0.717, 1.165) is 37.7 Å². The van der Waals surface area contributed by atoms with Gasteiger partial charge in [0.25, 0.3) is 0 Å². The summed E-state index contributed by atoms with van der Waals surface area (Å²) < 4.78 is 0. The first-order valence-corrected chi connectivity index (χ1v) is 11.8. The summed E-state index contributed by atoms with van der Waals surface area (Å²) in [5, 5.41) is 0. The SMILES string of the molecule is C=Cc1c(C)ccnc1C1CCC[C@@H](CC(=O)[C@H](Cc2ccccc2)c2ccccc2)C1. The Balaban J connectivity index is 1.50. The number of hydrogen-bond donors (Lipinski definition) is 0. The predicted octanol–water partition coefficient (Wildman–Crippen LogP) is 7.29. The maximum absolute atomic E-state index is 13.6. The van der Waals surface area contributed by atoms with Gasteiger partial charge in [-0.3, -0.25) is 9.78 Å². The van der Waals surface area contributed by atoms with Crippen molar-refractivity contribution in [2.24, 2.45) is 5.92 Å². The molecule has 1 aromatic heterocycles. The van der Waals surface area contributed by atoms with E-state index in [1.54, 1.807) is 0 Å². The maximum atomic E-state index is 13.6. The van der Waals surface area contributed by atoms with Crippen molar-refractivity contribution < 1.29 is 4.79 Å². The van der Waals surface area contributed by atoms with Gasteiger partial charge < -0.3 is 0 Å². The van der Waals surface area contributed by atoms with Crippen LogP contribution in [0, 0.1) is 12.8 Å². The van der Waals surface area contributed by atoms with Gasteiger partial charge in [0.1, 0.15) is 5.78 Å². The Labute approximate surface area is 192 Å². The maximum Gasteiger partial charge on any atom is 0.140 e. The van der Waals surface area contributed by atoms with E-state index in [2.05, 4.69) is 56.0 Å². The summed E-state index contributed by atoms with van der Waals surface area (Å²) in [4.78, 5) is 18.3. The molecular weight excluding hydrogens is 390 g/mol. The van der Waals surface area contributed by atoms with Crippen LogP contribution in [0.25, 0.3) is 6.08 Å². The third kappa shape index (κ3) is 5.24. The summed E-state index contributed by atoms with van der Waals surface area (Å²) in [5.74, 6) is 1.12. The van der Waals surface area contributed by atoms with Crippen molar-refractivity contribution in [3.8, 4) is 0 Å². The number of aryl methyl sites for hydroxylation is 1. The minimum atomic E-state index is -0.0835. The molecule has 0 bridgehead atoms. The number of nitrogens with zero attached hydrogens (tertiary/aromatic N) is 1. The van der Waals surface area contributed by atoms with Crippen molar-refractivity contribution in [3.63, 3.8) is 0 Å².